The van der Waals surface area contributed by atoms with Gasteiger partial charge >= 0.3 is 9.28 Å². The van der Waals surface area contributed by atoms with E-state index in [1.54, 1.807) is 14.2 Å². The van der Waals surface area contributed by atoms with Crippen LogP contribution in [0.4, 0.5) is 5.69 Å². The number of anilines is 1. The molecule has 1 aromatic rings. The fourth-order valence-corrected chi connectivity index (χ4v) is 5.15. The lowest BCUT2D eigenvalue weighted by Gasteiger charge is -2.17. The quantitative estimate of drug-likeness (QED) is 0.590. The van der Waals surface area contributed by atoms with Crippen LogP contribution >= 0.6 is 23.7 Å². The van der Waals surface area contributed by atoms with Crippen LogP contribution in [-0.2, 0) is 8.85 Å². The summed E-state index contributed by atoms with van der Waals surface area (Å²) in [4.78, 5) is 1.38. The van der Waals surface area contributed by atoms with Crippen molar-refractivity contribution in [3.05, 3.63) is 24.3 Å². The first-order valence-corrected chi connectivity index (χ1v) is 8.86. The van der Waals surface area contributed by atoms with Crippen molar-refractivity contribution in [2.24, 2.45) is 0 Å². The van der Waals surface area contributed by atoms with Gasteiger partial charge in [-0.1, -0.05) is 12.1 Å². The molecule has 0 fully saturated rings. The highest BCUT2D eigenvalue weighted by atomic mass is 32.2. The van der Waals surface area contributed by atoms with E-state index in [1.807, 2.05) is 23.7 Å². The number of hydrogen-bond donors (Lipinski definition) is 0. The van der Waals surface area contributed by atoms with Crippen LogP contribution in [-0.4, -0.2) is 35.1 Å². The van der Waals surface area contributed by atoms with Gasteiger partial charge in [0, 0.05) is 30.9 Å². The molecule has 0 spiro atoms. The molecular formula is C11H16NO2S2Si. The first kappa shape index (κ1) is 13.3. The molecule has 1 radical (unpaired) electrons. The van der Waals surface area contributed by atoms with Crippen molar-refractivity contribution in [2.75, 3.05) is 30.2 Å². The smallest absolute Gasteiger partial charge is 0.384 e. The lowest BCUT2D eigenvalue weighted by atomic mass is 10.3. The van der Waals surface area contributed by atoms with E-state index in [-0.39, 0.29) is 0 Å². The normalized spacial score (nSPS) is 14.4. The number of benzene rings is 1. The maximum atomic E-state index is 5.28. The van der Waals surface area contributed by atoms with Gasteiger partial charge < -0.3 is 13.2 Å². The summed E-state index contributed by atoms with van der Waals surface area (Å²) in [7, 11) is 2.41. The van der Waals surface area contributed by atoms with Gasteiger partial charge in [0.05, 0.1) is 11.6 Å². The van der Waals surface area contributed by atoms with Gasteiger partial charge in [-0.25, -0.2) is 0 Å². The topological polar surface area (TPSA) is 21.7 Å². The summed E-state index contributed by atoms with van der Waals surface area (Å²) in [6.45, 7) is 0. The van der Waals surface area contributed by atoms with Crippen LogP contribution in [0.1, 0.15) is 0 Å². The molecule has 1 heterocycles. The Kier molecular flexibility index (Phi) is 5.24. The summed E-state index contributed by atoms with van der Waals surface area (Å²) in [6.07, 6.45) is 0. The molecule has 17 heavy (non-hydrogen) atoms. The second-order valence-corrected chi connectivity index (χ2v) is 7.64. The molecule has 2 rings (SSSR count). The fourth-order valence-electron chi connectivity index (χ4n) is 1.62. The number of thioether (sulfide) groups is 1. The third-order valence-corrected chi connectivity index (χ3v) is 6.64. The van der Waals surface area contributed by atoms with E-state index >= 15 is 0 Å². The second-order valence-electron chi connectivity index (χ2n) is 3.48. The highest BCUT2D eigenvalue weighted by molar-refractivity contribution is 8.04. The van der Waals surface area contributed by atoms with E-state index in [4.69, 9.17) is 8.85 Å². The molecule has 6 heteroatoms. The number of nitrogens with zero attached hydrogens (tertiary/aromatic N) is 1. The van der Waals surface area contributed by atoms with Gasteiger partial charge in [0.1, 0.15) is 0 Å². The molecule has 0 atom stereocenters. The van der Waals surface area contributed by atoms with Gasteiger partial charge in [0.15, 0.2) is 0 Å². The zero-order valence-corrected chi connectivity index (χ0v) is 12.6. The Morgan fingerprint density at radius 3 is 2.88 bits per heavy atom. The highest BCUT2D eigenvalue weighted by Gasteiger charge is 2.20. The minimum absolute atomic E-state index is 1.01. The van der Waals surface area contributed by atoms with Gasteiger partial charge in [-0.2, -0.15) is 0 Å². The standard InChI is InChI=1S/C11H16NO2S2Si/c1-13-17(14-2)8-7-16-12-9-15-11-6-4-3-5-10(11)12/h3-6H,7-9H2,1-2H3. The Hall–Kier alpha value is -0.143. The van der Waals surface area contributed by atoms with Crippen LogP contribution in [0.2, 0.25) is 6.04 Å². The Bertz CT molecular complexity index is 363. The lowest BCUT2D eigenvalue weighted by molar-refractivity contribution is 0.279. The van der Waals surface area contributed by atoms with Gasteiger partial charge in [-0.3, -0.25) is 0 Å². The van der Waals surface area contributed by atoms with E-state index < -0.39 is 9.28 Å². The molecule has 0 aliphatic carbocycles. The lowest BCUT2D eigenvalue weighted by Crippen LogP contribution is -2.20. The van der Waals surface area contributed by atoms with Gasteiger partial charge in [-0.15, -0.1) is 11.8 Å². The summed E-state index contributed by atoms with van der Waals surface area (Å²) < 4.78 is 12.9. The maximum absolute atomic E-state index is 5.28. The monoisotopic (exact) mass is 286 g/mol. The number of fused-ring (bicyclic) bond motifs is 1. The summed E-state index contributed by atoms with van der Waals surface area (Å²) >= 11 is 3.76. The zero-order chi connectivity index (χ0) is 12.1. The van der Waals surface area contributed by atoms with E-state index in [9.17, 15) is 0 Å². The molecule has 0 unspecified atom stereocenters. The molecule has 0 bridgehead atoms. The average molecular weight is 286 g/mol. The minimum Gasteiger partial charge on any atom is -0.397 e. The molecule has 1 aromatic carbocycles. The van der Waals surface area contributed by atoms with Gasteiger partial charge in [0.25, 0.3) is 0 Å². The predicted octanol–water partition coefficient (Wildman–Crippen LogP) is 2.99. The molecule has 1 aliphatic rings. The Balaban J connectivity index is 1.82. The molecule has 0 N–H and O–H groups in total. The Labute approximate surface area is 113 Å². The largest absolute Gasteiger partial charge is 0.397 e. The fraction of sp³-hybridized carbons (Fsp3) is 0.455. The SMILES string of the molecule is CO[Si](CCSN1CSc2ccccc21)OC. The Morgan fingerprint density at radius 2 is 2.12 bits per heavy atom. The molecule has 1 aliphatic heterocycles. The number of rotatable bonds is 6. The predicted molar refractivity (Wildman–Crippen MR) is 76.7 cm³/mol. The maximum Gasteiger partial charge on any atom is 0.384 e. The van der Waals surface area contributed by atoms with Crippen molar-refractivity contribution < 1.29 is 8.85 Å². The highest BCUT2D eigenvalue weighted by Crippen LogP contribution is 2.41. The van der Waals surface area contributed by atoms with E-state index in [0.717, 1.165) is 17.7 Å². The third-order valence-electron chi connectivity index (χ3n) is 2.48. The third kappa shape index (κ3) is 3.42. The van der Waals surface area contributed by atoms with Crippen LogP contribution in [0, 0.1) is 0 Å². The molecule has 0 saturated carbocycles. The molecule has 93 valence electrons. The van der Waals surface area contributed by atoms with Crippen molar-refractivity contribution in [2.45, 2.75) is 10.9 Å². The van der Waals surface area contributed by atoms with E-state index in [0.29, 0.717) is 0 Å². The number of para-hydroxylation sites is 1. The van der Waals surface area contributed by atoms with Crippen LogP contribution in [0.25, 0.3) is 0 Å². The summed E-state index contributed by atoms with van der Waals surface area (Å²) in [6, 6.07) is 9.56. The van der Waals surface area contributed by atoms with Crippen LogP contribution in [0.3, 0.4) is 0 Å². The first-order valence-electron chi connectivity index (χ1n) is 5.41. The summed E-state index contributed by atoms with van der Waals surface area (Å²) in [5, 5.41) is 0. The van der Waals surface area contributed by atoms with E-state index in [2.05, 4.69) is 28.6 Å². The molecular weight excluding hydrogens is 270 g/mol. The van der Waals surface area contributed by atoms with Crippen molar-refractivity contribution in [1.29, 1.82) is 0 Å². The van der Waals surface area contributed by atoms with Gasteiger partial charge in [-0.05, 0) is 24.1 Å². The number of hydrogen-bond acceptors (Lipinski definition) is 5. The van der Waals surface area contributed by atoms with Crippen molar-refractivity contribution in [3.8, 4) is 0 Å². The van der Waals surface area contributed by atoms with E-state index in [1.165, 1.54) is 10.6 Å². The average Bonchev–Trinajstić information content (AvgIpc) is 2.78. The summed E-state index contributed by atoms with van der Waals surface area (Å²) in [5.41, 5.74) is 1.34. The van der Waals surface area contributed by atoms with Crippen LogP contribution < -0.4 is 4.31 Å². The minimum atomic E-state index is -1.05. The molecule has 0 aromatic heterocycles. The molecule has 0 amide bonds. The van der Waals surface area contributed by atoms with Gasteiger partial charge in [0.2, 0.25) is 0 Å². The molecule has 0 saturated heterocycles. The van der Waals surface area contributed by atoms with Crippen LogP contribution in [0.15, 0.2) is 29.2 Å². The first-order chi connectivity index (χ1) is 8.35. The van der Waals surface area contributed by atoms with Crippen molar-refractivity contribution in [1.82, 2.24) is 0 Å². The molecule has 3 nitrogen and oxygen atoms in total. The summed E-state index contributed by atoms with van der Waals surface area (Å²) in [5.74, 6) is 2.08. The Morgan fingerprint density at radius 1 is 1.35 bits per heavy atom. The second kappa shape index (κ2) is 6.70. The van der Waals surface area contributed by atoms with Crippen LogP contribution in [0.5, 0.6) is 0 Å². The van der Waals surface area contributed by atoms with Crippen molar-refractivity contribution in [3.63, 3.8) is 0 Å². The van der Waals surface area contributed by atoms with Crippen molar-refractivity contribution >= 4 is 38.7 Å². The zero-order valence-electron chi connectivity index (χ0n) is 10.0.